The number of carbonyl (C=O) groups is 1. The number of aliphatic hydroxyl groups excluding tert-OH is 1. The molecule has 0 aromatic rings. The van der Waals surface area contributed by atoms with Gasteiger partial charge in [-0.15, -0.1) is 0 Å². The summed E-state index contributed by atoms with van der Waals surface area (Å²) in [6.45, 7) is 7.18. The fraction of sp³-hybridized carbons (Fsp3) is 0.929. The Morgan fingerprint density at radius 1 is 1.39 bits per heavy atom. The average molecular weight is 254 g/mol. The molecule has 0 aromatic carbocycles. The van der Waals surface area contributed by atoms with Crippen molar-refractivity contribution in [2.45, 2.75) is 45.6 Å². The third kappa shape index (κ3) is 2.86. The minimum Gasteiger partial charge on any atom is -0.396 e. The first-order chi connectivity index (χ1) is 8.54. The van der Waals surface area contributed by atoms with Crippen molar-refractivity contribution in [3.05, 3.63) is 0 Å². The van der Waals surface area contributed by atoms with Crippen LogP contribution in [0.5, 0.6) is 0 Å². The van der Waals surface area contributed by atoms with Gasteiger partial charge in [0.15, 0.2) is 0 Å². The number of hydrogen-bond acceptors (Lipinski definition) is 3. The van der Waals surface area contributed by atoms with Crippen molar-refractivity contribution >= 4 is 5.91 Å². The van der Waals surface area contributed by atoms with E-state index in [9.17, 15) is 4.79 Å². The van der Waals surface area contributed by atoms with Crippen LogP contribution in [0.4, 0.5) is 0 Å². The van der Waals surface area contributed by atoms with Gasteiger partial charge in [0.1, 0.15) is 0 Å². The Kier molecular flexibility index (Phi) is 4.28. The highest BCUT2D eigenvalue weighted by molar-refractivity contribution is 5.83. The van der Waals surface area contributed by atoms with Gasteiger partial charge in [0, 0.05) is 19.7 Å². The van der Waals surface area contributed by atoms with Gasteiger partial charge in [-0.1, -0.05) is 13.8 Å². The molecule has 0 saturated carbocycles. The van der Waals surface area contributed by atoms with Crippen LogP contribution >= 0.6 is 0 Å². The summed E-state index contributed by atoms with van der Waals surface area (Å²) in [6.07, 6.45) is 4.15. The fourth-order valence-corrected chi connectivity index (χ4v) is 3.15. The third-order valence-corrected chi connectivity index (χ3v) is 4.56. The summed E-state index contributed by atoms with van der Waals surface area (Å²) in [7, 11) is 0. The van der Waals surface area contributed by atoms with Gasteiger partial charge in [0.2, 0.25) is 5.91 Å². The summed E-state index contributed by atoms with van der Waals surface area (Å²) in [6, 6.07) is -0.0306. The van der Waals surface area contributed by atoms with Crippen molar-refractivity contribution in [2.24, 2.45) is 11.3 Å². The number of likely N-dealkylation sites (tertiary alicyclic amines) is 1. The van der Waals surface area contributed by atoms with Crippen LogP contribution in [0.25, 0.3) is 0 Å². The molecule has 18 heavy (non-hydrogen) atoms. The first-order valence-corrected chi connectivity index (χ1v) is 7.17. The van der Waals surface area contributed by atoms with E-state index in [0.717, 1.165) is 45.3 Å². The summed E-state index contributed by atoms with van der Waals surface area (Å²) in [5.41, 5.74) is 0.0587. The number of nitrogens with one attached hydrogen (secondary N) is 1. The monoisotopic (exact) mass is 254 g/mol. The molecule has 0 aromatic heterocycles. The summed E-state index contributed by atoms with van der Waals surface area (Å²) in [5.74, 6) is 0.650. The van der Waals surface area contributed by atoms with Gasteiger partial charge in [-0.2, -0.15) is 0 Å². The van der Waals surface area contributed by atoms with Crippen LogP contribution in [0.3, 0.4) is 0 Å². The van der Waals surface area contributed by atoms with Crippen molar-refractivity contribution in [1.29, 1.82) is 0 Å². The van der Waals surface area contributed by atoms with E-state index < -0.39 is 0 Å². The Morgan fingerprint density at radius 2 is 2.06 bits per heavy atom. The quantitative estimate of drug-likeness (QED) is 0.773. The molecule has 4 heteroatoms. The first-order valence-electron chi connectivity index (χ1n) is 7.17. The van der Waals surface area contributed by atoms with Gasteiger partial charge >= 0.3 is 0 Å². The van der Waals surface area contributed by atoms with Crippen molar-refractivity contribution in [1.82, 2.24) is 10.2 Å². The minimum atomic E-state index is -0.0306. The second-order valence-corrected chi connectivity index (χ2v) is 6.43. The highest BCUT2D eigenvalue weighted by Gasteiger charge is 2.39. The first kappa shape index (κ1) is 13.8. The molecule has 2 saturated heterocycles. The topological polar surface area (TPSA) is 52.6 Å². The van der Waals surface area contributed by atoms with Gasteiger partial charge in [-0.25, -0.2) is 0 Å². The van der Waals surface area contributed by atoms with E-state index in [2.05, 4.69) is 19.2 Å². The van der Waals surface area contributed by atoms with Gasteiger partial charge in [0.05, 0.1) is 6.04 Å². The summed E-state index contributed by atoms with van der Waals surface area (Å²) < 4.78 is 0. The standard InChI is InChI=1S/C14H26N2O2/c1-14(2)6-3-7-15-12(14)13(18)16-8-4-11(10-17)5-9-16/h11-12,15,17H,3-10H2,1-2H3. The summed E-state index contributed by atoms with van der Waals surface area (Å²) in [5, 5.41) is 12.5. The molecule has 104 valence electrons. The molecule has 0 aliphatic carbocycles. The Labute approximate surface area is 110 Å². The van der Waals surface area contributed by atoms with Gasteiger partial charge in [-0.05, 0) is 43.6 Å². The number of carbonyl (C=O) groups excluding carboxylic acids is 1. The summed E-state index contributed by atoms with van der Waals surface area (Å²) >= 11 is 0. The third-order valence-electron chi connectivity index (χ3n) is 4.56. The van der Waals surface area contributed by atoms with E-state index in [1.54, 1.807) is 0 Å². The van der Waals surface area contributed by atoms with Crippen LogP contribution in [-0.2, 0) is 4.79 Å². The Hall–Kier alpha value is -0.610. The maximum atomic E-state index is 12.6. The number of aliphatic hydroxyl groups is 1. The molecule has 0 radical (unpaired) electrons. The highest BCUT2D eigenvalue weighted by Crippen LogP contribution is 2.31. The molecule has 0 bridgehead atoms. The lowest BCUT2D eigenvalue weighted by atomic mass is 9.76. The molecular formula is C14H26N2O2. The van der Waals surface area contributed by atoms with Gasteiger partial charge in [0.25, 0.3) is 0 Å². The molecule has 1 atom stereocenters. The maximum Gasteiger partial charge on any atom is 0.240 e. The van der Waals surface area contributed by atoms with E-state index in [-0.39, 0.29) is 24.0 Å². The van der Waals surface area contributed by atoms with E-state index in [0.29, 0.717) is 5.92 Å². The van der Waals surface area contributed by atoms with Crippen LogP contribution in [0.1, 0.15) is 39.5 Å². The molecule has 1 amide bonds. The van der Waals surface area contributed by atoms with Crippen LogP contribution in [0.2, 0.25) is 0 Å². The molecule has 1 unspecified atom stereocenters. The number of amides is 1. The van der Waals surface area contributed by atoms with E-state index >= 15 is 0 Å². The molecule has 2 aliphatic heterocycles. The number of nitrogens with zero attached hydrogens (tertiary/aromatic N) is 1. The molecule has 2 rings (SSSR count). The SMILES string of the molecule is CC1(C)CCCNC1C(=O)N1CCC(CO)CC1. The summed E-state index contributed by atoms with van der Waals surface area (Å²) in [4.78, 5) is 14.5. The van der Waals surface area contributed by atoms with Crippen LogP contribution in [-0.4, -0.2) is 48.2 Å². The largest absolute Gasteiger partial charge is 0.396 e. The minimum absolute atomic E-state index is 0.0306. The molecule has 4 nitrogen and oxygen atoms in total. The van der Waals surface area contributed by atoms with E-state index in [4.69, 9.17) is 5.11 Å². The number of piperidine rings is 2. The zero-order valence-electron chi connectivity index (χ0n) is 11.6. The lowest BCUT2D eigenvalue weighted by molar-refractivity contribution is -0.139. The predicted octanol–water partition coefficient (Wildman–Crippen LogP) is 0.995. The smallest absolute Gasteiger partial charge is 0.240 e. The van der Waals surface area contributed by atoms with E-state index in [1.807, 2.05) is 4.90 Å². The van der Waals surface area contributed by atoms with Crippen molar-refractivity contribution < 1.29 is 9.90 Å². The van der Waals surface area contributed by atoms with Crippen molar-refractivity contribution in [3.8, 4) is 0 Å². The molecule has 2 fully saturated rings. The average Bonchev–Trinajstić information content (AvgIpc) is 2.37. The highest BCUT2D eigenvalue weighted by atomic mass is 16.3. The lowest BCUT2D eigenvalue weighted by Crippen LogP contribution is -2.57. The second kappa shape index (κ2) is 5.57. The molecule has 2 heterocycles. The van der Waals surface area contributed by atoms with E-state index in [1.165, 1.54) is 0 Å². The van der Waals surface area contributed by atoms with Gasteiger partial charge < -0.3 is 15.3 Å². The molecular weight excluding hydrogens is 228 g/mol. The second-order valence-electron chi connectivity index (χ2n) is 6.43. The predicted molar refractivity (Wildman–Crippen MR) is 71.2 cm³/mol. The molecule has 2 N–H and O–H groups in total. The van der Waals surface area contributed by atoms with Crippen molar-refractivity contribution in [3.63, 3.8) is 0 Å². The zero-order valence-corrected chi connectivity index (χ0v) is 11.6. The normalized spacial score (nSPS) is 29.3. The van der Waals surface area contributed by atoms with Gasteiger partial charge in [-0.3, -0.25) is 4.79 Å². The fourth-order valence-electron chi connectivity index (χ4n) is 3.15. The van der Waals surface area contributed by atoms with Crippen LogP contribution in [0, 0.1) is 11.3 Å². The molecule has 0 spiro atoms. The number of hydrogen-bond donors (Lipinski definition) is 2. The lowest BCUT2D eigenvalue weighted by Gasteiger charge is -2.42. The maximum absolute atomic E-state index is 12.6. The number of rotatable bonds is 2. The Bertz CT molecular complexity index is 296. The Morgan fingerprint density at radius 3 is 2.61 bits per heavy atom. The zero-order chi connectivity index (χ0) is 13.2. The molecule has 2 aliphatic rings. The van der Waals surface area contributed by atoms with Crippen LogP contribution < -0.4 is 5.32 Å². The van der Waals surface area contributed by atoms with Crippen molar-refractivity contribution in [2.75, 3.05) is 26.2 Å². The Balaban J connectivity index is 1.95. The van der Waals surface area contributed by atoms with Crippen LogP contribution in [0.15, 0.2) is 0 Å².